The molecule has 1 saturated carbocycles. The lowest BCUT2D eigenvalue weighted by Crippen LogP contribution is -2.37. The summed E-state index contributed by atoms with van der Waals surface area (Å²) in [7, 11) is 0. The van der Waals surface area contributed by atoms with E-state index in [2.05, 4.69) is 5.32 Å². The Morgan fingerprint density at radius 1 is 1.38 bits per heavy atom. The van der Waals surface area contributed by atoms with Crippen LogP contribution in [0, 0.1) is 5.92 Å². The molecule has 4 nitrogen and oxygen atoms in total. The molecular weight excluding hydrogens is 313 g/mol. The van der Waals surface area contributed by atoms with E-state index in [-0.39, 0.29) is 12.5 Å². The molecule has 1 aliphatic rings. The Labute approximate surface area is 134 Å². The van der Waals surface area contributed by atoms with Gasteiger partial charge in [-0.15, -0.1) is 0 Å². The highest BCUT2D eigenvalue weighted by Gasteiger charge is 2.24. The van der Waals surface area contributed by atoms with Crippen molar-refractivity contribution in [2.45, 2.75) is 32.0 Å². The summed E-state index contributed by atoms with van der Waals surface area (Å²) in [6.07, 6.45) is 0.993. The molecule has 0 aliphatic heterocycles. The van der Waals surface area contributed by atoms with Crippen molar-refractivity contribution in [3.05, 3.63) is 33.8 Å². The van der Waals surface area contributed by atoms with Gasteiger partial charge in [-0.2, -0.15) is 0 Å². The van der Waals surface area contributed by atoms with E-state index in [0.717, 1.165) is 0 Å². The lowest BCUT2D eigenvalue weighted by Gasteiger charge is -2.16. The van der Waals surface area contributed by atoms with Crippen LogP contribution in [0.15, 0.2) is 18.2 Å². The fraction of sp³-hybridized carbons (Fsp3) is 0.533. The molecule has 116 valence electrons. The Balaban J connectivity index is 1.78. The van der Waals surface area contributed by atoms with Gasteiger partial charge in [0.1, 0.15) is 6.10 Å². The van der Waals surface area contributed by atoms with E-state index in [1.807, 2.05) is 0 Å². The first-order chi connectivity index (χ1) is 9.95. The number of aliphatic hydroxyl groups is 1. The van der Waals surface area contributed by atoms with Gasteiger partial charge in [-0.25, -0.2) is 0 Å². The second-order valence-electron chi connectivity index (χ2n) is 5.38. The minimum atomic E-state index is -0.860. The Morgan fingerprint density at radius 3 is 2.57 bits per heavy atom. The lowest BCUT2D eigenvalue weighted by atomic mass is 10.1. The van der Waals surface area contributed by atoms with Gasteiger partial charge in [-0.3, -0.25) is 4.79 Å². The maximum absolute atomic E-state index is 11.8. The number of carbonyl (C=O) groups excluding carboxylic acids is 1. The number of hydrogen-bond acceptors (Lipinski definition) is 3. The van der Waals surface area contributed by atoms with E-state index in [4.69, 9.17) is 27.9 Å². The zero-order chi connectivity index (χ0) is 15.4. The van der Waals surface area contributed by atoms with Crippen LogP contribution >= 0.6 is 23.2 Å². The topological polar surface area (TPSA) is 58.6 Å². The SMILES string of the molecule is CC(OCC1CC1)C(=O)NCC(O)c1cc(Cl)cc(Cl)c1. The number of ether oxygens (including phenoxy) is 1. The Hall–Kier alpha value is -0.810. The number of halogens is 2. The van der Waals surface area contributed by atoms with E-state index in [1.165, 1.54) is 12.8 Å². The van der Waals surface area contributed by atoms with Crippen molar-refractivity contribution < 1.29 is 14.6 Å². The molecule has 2 rings (SSSR count). The van der Waals surface area contributed by atoms with E-state index in [1.54, 1.807) is 25.1 Å². The third kappa shape index (κ3) is 5.47. The van der Waals surface area contributed by atoms with Crippen LogP contribution in [0.25, 0.3) is 0 Å². The van der Waals surface area contributed by atoms with Crippen LogP contribution in [0.3, 0.4) is 0 Å². The molecular formula is C15H19Cl2NO3. The van der Waals surface area contributed by atoms with Crippen LogP contribution in [0.5, 0.6) is 0 Å². The first kappa shape index (κ1) is 16.6. The van der Waals surface area contributed by atoms with Gasteiger partial charge in [0.05, 0.1) is 12.7 Å². The van der Waals surface area contributed by atoms with Crippen LogP contribution in [-0.2, 0) is 9.53 Å². The number of carbonyl (C=O) groups is 1. The molecule has 0 radical (unpaired) electrons. The molecule has 1 aliphatic carbocycles. The predicted octanol–water partition coefficient (Wildman–Crippen LogP) is 2.96. The first-order valence-corrected chi connectivity index (χ1v) is 7.74. The van der Waals surface area contributed by atoms with Crippen LogP contribution in [0.1, 0.15) is 31.4 Å². The van der Waals surface area contributed by atoms with Crippen molar-refractivity contribution >= 4 is 29.1 Å². The minimum absolute atomic E-state index is 0.0899. The molecule has 2 N–H and O–H groups in total. The molecule has 0 saturated heterocycles. The van der Waals surface area contributed by atoms with Crippen molar-refractivity contribution in [2.24, 2.45) is 5.92 Å². The Morgan fingerprint density at radius 2 is 2.00 bits per heavy atom. The van der Waals surface area contributed by atoms with Crippen molar-refractivity contribution in [3.63, 3.8) is 0 Å². The third-order valence-corrected chi connectivity index (χ3v) is 3.82. The highest BCUT2D eigenvalue weighted by atomic mass is 35.5. The molecule has 1 fully saturated rings. The van der Waals surface area contributed by atoms with Crippen LogP contribution in [0.2, 0.25) is 10.0 Å². The zero-order valence-electron chi connectivity index (χ0n) is 11.8. The Kier molecular flexibility index (Phi) is 5.88. The molecule has 6 heteroatoms. The lowest BCUT2D eigenvalue weighted by molar-refractivity contribution is -0.132. The number of nitrogens with one attached hydrogen (secondary N) is 1. The van der Waals surface area contributed by atoms with E-state index >= 15 is 0 Å². The molecule has 0 aromatic heterocycles. The van der Waals surface area contributed by atoms with Crippen molar-refractivity contribution in [1.82, 2.24) is 5.32 Å². The second-order valence-corrected chi connectivity index (χ2v) is 6.26. The fourth-order valence-corrected chi connectivity index (χ4v) is 2.41. The van der Waals surface area contributed by atoms with Crippen LogP contribution in [0.4, 0.5) is 0 Å². The van der Waals surface area contributed by atoms with Gasteiger partial charge in [0, 0.05) is 16.6 Å². The summed E-state index contributed by atoms with van der Waals surface area (Å²) in [5.41, 5.74) is 0.569. The summed E-state index contributed by atoms with van der Waals surface area (Å²) >= 11 is 11.8. The van der Waals surface area contributed by atoms with Gasteiger partial charge in [0.2, 0.25) is 5.91 Å². The van der Waals surface area contributed by atoms with Crippen molar-refractivity contribution in [3.8, 4) is 0 Å². The van der Waals surface area contributed by atoms with Gasteiger partial charge in [0.25, 0.3) is 0 Å². The van der Waals surface area contributed by atoms with E-state index in [0.29, 0.717) is 28.1 Å². The second kappa shape index (κ2) is 7.45. The number of hydrogen-bond donors (Lipinski definition) is 2. The van der Waals surface area contributed by atoms with Crippen LogP contribution in [-0.4, -0.2) is 30.3 Å². The monoisotopic (exact) mass is 331 g/mol. The highest BCUT2D eigenvalue weighted by molar-refractivity contribution is 6.34. The van der Waals surface area contributed by atoms with Gasteiger partial charge in [0.15, 0.2) is 0 Å². The molecule has 21 heavy (non-hydrogen) atoms. The standard InChI is InChI=1S/C15H19Cl2NO3/c1-9(21-8-10-2-3-10)15(20)18-7-14(19)11-4-12(16)6-13(17)5-11/h4-6,9-10,14,19H,2-3,7-8H2,1H3,(H,18,20). The first-order valence-electron chi connectivity index (χ1n) is 6.99. The normalized spacial score (nSPS) is 17.3. The summed E-state index contributed by atoms with van der Waals surface area (Å²) < 4.78 is 5.47. The molecule has 2 unspecified atom stereocenters. The summed E-state index contributed by atoms with van der Waals surface area (Å²) in [6.45, 7) is 2.42. The van der Waals surface area contributed by atoms with Gasteiger partial charge in [-0.1, -0.05) is 23.2 Å². The maximum atomic E-state index is 11.8. The summed E-state index contributed by atoms with van der Waals surface area (Å²) in [6, 6.07) is 4.83. The summed E-state index contributed by atoms with van der Waals surface area (Å²) in [4.78, 5) is 11.8. The minimum Gasteiger partial charge on any atom is -0.387 e. The van der Waals surface area contributed by atoms with E-state index in [9.17, 15) is 9.90 Å². The molecule has 0 bridgehead atoms. The van der Waals surface area contributed by atoms with Gasteiger partial charge >= 0.3 is 0 Å². The number of aliphatic hydroxyl groups excluding tert-OH is 1. The average molecular weight is 332 g/mol. The largest absolute Gasteiger partial charge is 0.387 e. The molecule has 2 atom stereocenters. The smallest absolute Gasteiger partial charge is 0.248 e. The summed E-state index contributed by atoms with van der Waals surface area (Å²) in [5.74, 6) is 0.377. The van der Waals surface area contributed by atoms with Crippen molar-refractivity contribution in [1.29, 1.82) is 0 Å². The number of rotatable bonds is 7. The molecule has 1 aromatic rings. The zero-order valence-corrected chi connectivity index (χ0v) is 13.3. The predicted molar refractivity (Wildman–Crippen MR) is 82.6 cm³/mol. The Bertz CT molecular complexity index is 485. The van der Waals surface area contributed by atoms with Gasteiger partial charge in [-0.05, 0) is 49.4 Å². The molecule has 0 spiro atoms. The van der Waals surface area contributed by atoms with E-state index < -0.39 is 12.2 Å². The van der Waals surface area contributed by atoms with Gasteiger partial charge < -0.3 is 15.2 Å². The maximum Gasteiger partial charge on any atom is 0.248 e. The summed E-state index contributed by atoms with van der Waals surface area (Å²) in [5, 5.41) is 13.6. The third-order valence-electron chi connectivity index (χ3n) is 3.39. The number of benzene rings is 1. The average Bonchev–Trinajstić information content (AvgIpc) is 3.24. The molecule has 1 amide bonds. The highest BCUT2D eigenvalue weighted by Crippen LogP contribution is 2.29. The molecule has 0 heterocycles. The quantitative estimate of drug-likeness (QED) is 0.807. The number of amides is 1. The fourth-order valence-electron chi connectivity index (χ4n) is 1.87. The molecule has 1 aromatic carbocycles. The van der Waals surface area contributed by atoms with Crippen LogP contribution < -0.4 is 5.32 Å². The van der Waals surface area contributed by atoms with Crippen molar-refractivity contribution in [2.75, 3.05) is 13.2 Å².